The molecule has 0 aliphatic carbocycles. The van der Waals surface area contributed by atoms with Gasteiger partial charge in [-0.05, 0) is 240 Å². The standard InChI is InChI=1S/C108H98N8O12/c1-5-9-13-17-61-121-105(117)77-29-21-69(22-30-77)73-37-45-81(46-38-73)125-85-53-57-89-93(65-85)101-109-97(89)114-102-95-67-87(127-83-49-41-75(42-50-83)71-25-33-79(34-26-71)107(119)123-63-19-15-11-7-3)55-59-91(95)99(111-102)116-104-96-68-88(128-84-51-43-76(44-52-84)72-27-35-80(36-28-72)108(120)124-64-20-16-12-8-4)56-60-92(96)100(112-104)115-103-94-66-86(54-58-90(94)98(110-103)113-101)126-82-47-39-74(40-48-82)70-23-31-78(32-24-70)106(118)122-62-18-14-10-6-2/h21-60,65-68H,5-20,61-64H2,1-4H3,(H2,109,110,111,112,113,114,115,116). The van der Waals surface area contributed by atoms with Crippen molar-refractivity contribution in [3.05, 3.63) is 289 Å². The highest BCUT2D eigenvalue weighted by Gasteiger charge is 2.26. The van der Waals surface area contributed by atoms with Gasteiger partial charge in [0.2, 0.25) is 0 Å². The number of rotatable bonds is 36. The van der Waals surface area contributed by atoms with Crippen LogP contribution in [0.25, 0.3) is 134 Å². The maximum absolute atomic E-state index is 12.9. The van der Waals surface area contributed by atoms with Crippen LogP contribution in [-0.2, 0) is 18.9 Å². The van der Waals surface area contributed by atoms with Gasteiger partial charge in [0.15, 0.2) is 23.3 Å². The topological polar surface area (TPSA) is 251 Å². The van der Waals surface area contributed by atoms with Crippen LogP contribution in [0, 0.1) is 0 Å². The van der Waals surface area contributed by atoms with E-state index in [0.29, 0.717) is 184 Å². The summed E-state index contributed by atoms with van der Waals surface area (Å²) in [4.78, 5) is 91.2. The molecule has 0 saturated carbocycles. The SMILES string of the molecule is CCCCCCOC(=O)c1ccc(-c2ccc(Oc3ccc4c(c3)-c3nc-4nc4[nH]c(nc5nc(nc6[nH]c(n3)c3ccc(Oc7ccc(-c8ccc(C(=O)OCCCCCC)cc8)cc7)cc63)-c3ccc(Oc6ccc(-c7ccc(C(=O)OCCCCCC)cc7)cc6)cc3-5)c3ccc(Oc5ccc(-c6ccc(C(=O)OCCCCCC)cc6)cc5)cc43)cc2)cc1. The average molecular weight is 1700 g/mol. The van der Waals surface area contributed by atoms with Crippen molar-refractivity contribution in [1.29, 1.82) is 0 Å². The Hall–Kier alpha value is -14.9. The molecule has 2 aliphatic rings. The normalized spacial score (nSPS) is 11.4. The van der Waals surface area contributed by atoms with E-state index in [4.69, 9.17) is 67.8 Å². The molecule has 0 amide bonds. The summed E-state index contributed by atoms with van der Waals surface area (Å²) < 4.78 is 49.1. The number of esters is 4. The van der Waals surface area contributed by atoms with Gasteiger partial charge in [0.25, 0.3) is 0 Å². The van der Waals surface area contributed by atoms with Crippen molar-refractivity contribution in [2.45, 2.75) is 130 Å². The molecule has 642 valence electrons. The molecule has 2 N–H and O–H groups in total. The van der Waals surface area contributed by atoms with E-state index < -0.39 is 0 Å². The number of H-pyrrole nitrogens is 2. The van der Waals surface area contributed by atoms with Crippen LogP contribution in [0.3, 0.4) is 0 Å². The molecule has 0 unspecified atom stereocenters. The third kappa shape index (κ3) is 20.4. The molecule has 3 aromatic heterocycles. The van der Waals surface area contributed by atoms with E-state index in [1.807, 2.05) is 218 Å². The summed E-state index contributed by atoms with van der Waals surface area (Å²) in [6.07, 6.45) is 16.3. The highest BCUT2D eigenvalue weighted by atomic mass is 16.5. The van der Waals surface area contributed by atoms with Crippen LogP contribution < -0.4 is 18.9 Å². The van der Waals surface area contributed by atoms with Gasteiger partial charge in [-0.25, -0.2) is 49.1 Å². The first-order chi connectivity index (χ1) is 62.8. The second-order valence-electron chi connectivity index (χ2n) is 32.0. The zero-order valence-electron chi connectivity index (χ0n) is 72.1. The van der Waals surface area contributed by atoms with Gasteiger partial charge in [-0.3, -0.25) is 0 Å². The first-order valence-corrected chi connectivity index (χ1v) is 44.5. The number of benzene rings is 12. The summed E-state index contributed by atoms with van der Waals surface area (Å²) in [6.45, 7) is 10.2. The predicted octanol–water partition coefficient (Wildman–Crippen LogP) is 27.7. The Labute approximate surface area is 742 Å². The maximum Gasteiger partial charge on any atom is 0.338 e. The molecular weight excluding hydrogens is 1600 g/mol. The summed E-state index contributed by atoms with van der Waals surface area (Å²) in [5.74, 6) is 4.44. The van der Waals surface area contributed by atoms with E-state index >= 15 is 0 Å². The molecule has 8 bridgehead atoms. The van der Waals surface area contributed by atoms with Gasteiger partial charge in [0.05, 0.1) is 48.7 Å². The van der Waals surface area contributed by atoms with Gasteiger partial charge in [0, 0.05) is 43.8 Å². The number of hydrogen-bond acceptors (Lipinski definition) is 18. The second-order valence-corrected chi connectivity index (χ2v) is 32.0. The van der Waals surface area contributed by atoms with Crippen LogP contribution in [0.4, 0.5) is 0 Å². The van der Waals surface area contributed by atoms with E-state index in [1.54, 1.807) is 48.5 Å². The Bertz CT molecular complexity index is 6270. The quantitative estimate of drug-likeness (QED) is 0.0210. The van der Waals surface area contributed by atoms with E-state index in [-0.39, 0.29) is 23.9 Å². The Morgan fingerprint density at radius 2 is 0.438 bits per heavy atom. The van der Waals surface area contributed by atoms with E-state index in [0.717, 1.165) is 147 Å². The van der Waals surface area contributed by atoms with Crippen LogP contribution >= 0.6 is 0 Å². The summed E-state index contributed by atoms with van der Waals surface area (Å²) in [6, 6.07) is 83.9. The fraction of sp³-hybridized carbons (Fsp3) is 0.222. The third-order valence-electron chi connectivity index (χ3n) is 22.8. The number of carbonyl (C=O) groups excluding carboxylic acids is 4. The smallest absolute Gasteiger partial charge is 0.338 e. The number of carbonyl (C=O) groups is 4. The maximum atomic E-state index is 12.9. The van der Waals surface area contributed by atoms with Gasteiger partial charge in [0.1, 0.15) is 68.6 Å². The fourth-order valence-electron chi connectivity index (χ4n) is 15.7. The Morgan fingerprint density at radius 1 is 0.219 bits per heavy atom. The number of nitrogens with zero attached hydrogens (tertiary/aromatic N) is 6. The zero-order valence-corrected chi connectivity index (χ0v) is 72.1. The Kier molecular flexibility index (Phi) is 26.9. The molecule has 2 aliphatic heterocycles. The van der Waals surface area contributed by atoms with Crippen LogP contribution in [0.5, 0.6) is 46.0 Å². The molecule has 15 aromatic rings. The van der Waals surface area contributed by atoms with Crippen LogP contribution in [-0.4, -0.2) is 90.2 Å². The van der Waals surface area contributed by atoms with Gasteiger partial charge < -0.3 is 47.9 Å². The van der Waals surface area contributed by atoms with Crippen molar-refractivity contribution in [3.8, 4) is 136 Å². The molecule has 0 spiro atoms. The lowest BCUT2D eigenvalue weighted by Gasteiger charge is -2.09. The molecule has 17 rings (SSSR count). The van der Waals surface area contributed by atoms with E-state index in [1.165, 1.54) is 0 Å². The van der Waals surface area contributed by atoms with Crippen molar-refractivity contribution in [1.82, 2.24) is 39.9 Å². The highest BCUT2D eigenvalue weighted by Crippen LogP contribution is 2.43. The Morgan fingerprint density at radius 3 is 0.695 bits per heavy atom. The zero-order chi connectivity index (χ0) is 87.7. The monoisotopic (exact) mass is 1700 g/mol. The number of hydrogen-bond donors (Lipinski definition) is 2. The van der Waals surface area contributed by atoms with Crippen LogP contribution in [0.2, 0.25) is 0 Å². The van der Waals surface area contributed by atoms with Crippen molar-refractivity contribution in [2.24, 2.45) is 0 Å². The summed E-state index contributed by atoms with van der Waals surface area (Å²) in [5.41, 5.74) is 13.8. The highest BCUT2D eigenvalue weighted by molar-refractivity contribution is 6.07. The minimum Gasteiger partial charge on any atom is -0.462 e. The lowest BCUT2D eigenvalue weighted by atomic mass is 10.0. The number of ether oxygens (including phenoxy) is 8. The number of fused-ring (bicyclic) bond motifs is 20. The van der Waals surface area contributed by atoms with Crippen LogP contribution in [0.1, 0.15) is 172 Å². The molecule has 0 saturated heterocycles. The number of nitrogens with one attached hydrogen (secondary N) is 2. The van der Waals surface area contributed by atoms with Crippen molar-refractivity contribution < 1.29 is 57.1 Å². The molecule has 128 heavy (non-hydrogen) atoms. The number of aromatic nitrogens is 8. The third-order valence-corrected chi connectivity index (χ3v) is 22.8. The predicted molar refractivity (Wildman–Crippen MR) is 502 cm³/mol. The molecule has 0 radical (unpaired) electrons. The summed E-state index contributed by atoms with van der Waals surface area (Å²) >= 11 is 0. The fourth-order valence-corrected chi connectivity index (χ4v) is 15.7. The molecule has 5 heterocycles. The second kappa shape index (κ2) is 40.4. The van der Waals surface area contributed by atoms with E-state index in [9.17, 15) is 19.2 Å². The van der Waals surface area contributed by atoms with Crippen molar-refractivity contribution in [2.75, 3.05) is 26.4 Å². The average Bonchev–Trinajstić information content (AvgIpc) is 1.59. The minimum absolute atomic E-state index is 0.333. The van der Waals surface area contributed by atoms with Crippen LogP contribution in [0.15, 0.2) is 267 Å². The van der Waals surface area contributed by atoms with Crippen molar-refractivity contribution >= 4 is 68.0 Å². The van der Waals surface area contributed by atoms with Crippen molar-refractivity contribution in [3.63, 3.8) is 0 Å². The first-order valence-electron chi connectivity index (χ1n) is 44.5. The van der Waals surface area contributed by atoms with E-state index in [2.05, 4.69) is 37.7 Å². The molecule has 0 atom stereocenters. The lowest BCUT2D eigenvalue weighted by Crippen LogP contribution is -2.06. The number of unbranched alkanes of at least 4 members (excludes halogenated alkanes) is 12. The largest absolute Gasteiger partial charge is 0.462 e. The van der Waals surface area contributed by atoms with Gasteiger partial charge in [-0.2, -0.15) is 0 Å². The molecule has 0 fully saturated rings. The first kappa shape index (κ1) is 85.3. The molecular formula is C108H98N8O12. The number of aromatic amines is 2. The summed E-state index contributed by atoms with van der Waals surface area (Å²) in [7, 11) is 0. The minimum atomic E-state index is -0.333. The van der Waals surface area contributed by atoms with Gasteiger partial charge in [-0.1, -0.05) is 202 Å². The van der Waals surface area contributed by atoms with Gasteiger partial charge >= 0.3 is 23.9 Å². The summed E-state index contributed by atoms with van der Waals surface area (Å²) in [5, 5.41) is 2.73. The molecule has 20 heteroatoms. The Balaban J connectivity index is 0.736. The molecule has 20 nitrogen and oxygen atoms in total. The van der Waals surface area contributed by atoms with Gasteiger partial charge in [-0.15, -0.1) is 0 Å². The molecule has 12 aromatic carbocycles. The lowest BCUT2D eigenvalue weighted by molar-refractivity contribution is 0.0488.